The maximum atomic E-state index is 12.5. The lowest BCUT2D eigenvalue weighted by Crippen LogP contribution is -2.41. The Hall–Kier alpha value is -2.09. The van der Waals surface area contributed by atoms with Crippen molar-refractivity contribution in [3.05, 3.63) is 30.0 Å². The number of aryl methyl sites for hydroxylation is 1. The van der Waals surface area contributed by atoms with Crippen LogP contribution in [0.4, 0.5) is 10.5 Å². The molecule has 1 atom stereocenters. The average molecular weight is 347 g/mol. The zero-order valence-electron chi connectivity index (χ0n) is 13.9. The first-order valence-electron chi connectivity index (χ1n) is 8.10. The number of thioether (sulfide) groups is 1. The van der Waals surface area contributed by atoms with Crippen LogP contribution in [0.2, 0.25) is 0 Å². The molecule has 0 radical (unpaired) electrons. The number of nitrogens with one attached hydrogen (secondary N) is 1. The molecule has 1 saturated heterocycles. The number of piperidine rings is 1. The Balaban J connectivity index is 1.59. The maximum absolute atomic E-state index is 12.5. The lowest BCUT2D eigenvalue weighted by molar-refractivity contribution is 0.184. The van der Waals surface area contributed by atoms with Crippen LogP contribution in [0, 0.1) is 6.92 Å². The number of urea groups is 1. The second kappa shape index (κ2) is 7.65. The first-order chi connectivity index (χ1) is 11.7. The molecule has 24 heavy (non-hydrogen) atoms. The van der Waals surface area contributed by atoms with Crippen molar-refractivity contribution in [2.24, 2.45) is 0 Å². The Morgan fingerprint density at radius 1 is 1.50 bits per heavy atom. The average Bonchev–Trinajstić information content (AvgIpc) is 3.03. The van der Waals surface area contributed by atoms with Gasteiger partial charge in [-0.15, -0.1) is 11.8 Å². The lowest BCUT2D eigenvalue weighted by Gasteiger charge is -2.31. The Morgan fingerprint density at radius 3 is 3.04 bits per heavy atom. The molecule has 128 valence electrons. The zero-order chi connectivity index (χ0) is 16.9. The van der Waals surface area contributed by atoms with E-state index >= 15 is 0 Å². The molecule has 0 unspecified atom stereocenters. The van der Waals surface area contributed by atoms with Crippen molar-refractivity contribution >= 4 is 23.5 Å². The highest BCUT2D eigenvalue weighted by Gasteiger charge is 2.28. The highest BCUT2D eigenvalue weighted by atomic mass is 32.2. The molecule has 0 bridgehead atoms. The Bertz CT molecular complexity index is 688. The van der Waals surface area contributed by atoms with Crippen LogP contribution in [0.25, 0.3) is 0 Å². The SMILES string of the molecule is CCSc1ccc(NC(=O)N2CCC[C@@H](c3nc(C)no3)C2)cn1. The minimum absolute atomic E-state index is 0.104. The van der Waals surface area contributed by atoms with Crippen molar-refractivity contribution in [1.29, 1.82) is 0 Å². The molecule has 2 amide bonds. The number of hydrogen-bond acceptors (Lipinski definition) is 6. The van der Waals surface area contributed by atoms with Crippen LogP contribution in [-0.2, 0) is 0 Å². The summed E-state index contributed by atoms with van der Waals surface area (Å²) in [5.41, 5.74) is 0.705. The van der Waals surface area contributed by atoms with Gasteiger partial charge in [0.25, 0.3) is 0 Å². The van der Waals surface area contributed by atoms with Crippen LogP contribution < -0.4 is 5.32 Å². The minimum Gasteiger partial charge on any atom is -0.339 e. The third kappa shape index (κ3) is 4.05. The van der Waals surface area contributed by atoms with Gasteiger partial charge in [0, 0.05) is 13.1 Å². The summed E-state index contributed by atoms with van der Waals surface area (Å²) < 4.78 is 5.25. The lowest BCUT2D eigenvalue weighted by atomic mass is 9.98. The van der Waals surface area contributed by atoms with Crippen molar-refractivity contribution in [3.8, 4) is 0 Å². The molecule has 2 aromatic heterocycles. The maximum Gasteiger partial charge on any atom is 0.321 e. The highest BCUT2D eigenvalue weighted by molar-refractivity contribution is 7.99. The standard InChI is InChI=1S/C16H21N5O2S/c1-3-24-14-7-6-13(9-17-14)19-16(22)21-8-4-5-12(10-21)15-18-11(2)20-23-15/h6-7,9,12H,3-5,8,10H2,1-2H3,(H,19,22)/t12-/m1/s1. The van der Waals surface area contributed by atoms with Gasteiger partial charge in [-0.1, -0.05) is 12.1 Å². The van der Waals surface area contributed by atoms with E-state index in [1.54, 1.807) is 29.8 Å². The molecule has 3 rings (SSSR count). The predicted molar refractivity (Wildman–Crippen MR) is 92.2 cm³/mol. The van der Waals surface area contributed by atoms with Gasteiger partial charge in [-0.3, -0.25) is 0 Å². The monoisotopic (exact) mass is 347 g/mol. The summed E-state index contributed by atoms with van der Waals surface area (Å²) >= 11 is 1.67. The predicted octanol–water partition coefficient (Wildman–Crippen LogP) is 3.30. The number of carbonyl (C=O) groups is 1. The van der Waals surface area contributed by atoms with Crippen LogP contribution in [0.3, 0.4) is 0 Å². The fourth-order valence-corrected chi connectivity index (χ4v) is 3.32. The number of nitrogens with zero attached hydrogens (tertiary/aromatic N) is 4. The van der Waals surface area contributed by atoms with E-state index in [4.69, 9.17) is 4.52 Å². The Kier molecular flexibility index (Phi) is 5.34. The van der Waals surface area contributed by atoms with E-state index in [1.165, 1.54) is 0 Å². The summed E-state index contributed by atoms with van der Waals surface area (Å²) in [4.78, 5) is 22.9. The summed E-state index contributed by atoms with van der Waals surface area (Å²) in [7, 11) is 0. The number of amides is 2. The Labute approximate surface area is 145 Å². The summed E-state index contributed by atoms with van der Waals surface area (Å²) in [5.74, 6) is 2.32. The number of anilines is 1. The van der Waals surface area contributed by atoms with E-state index in [0.29, 0.717) is 23.9 Å². The molecular weight excluding hydrogens is 326 g/mol. The quantitative estimate of drug-likeness (QED) is 0.854. The van der Waals surface area contributed by atoms with Gasteiger partial charge in [0.1, 0.15) is 0 Å². The van der Waals surface area contributed by atoms with Gasteiger partial charge in [0.05, 0.1) is 22.8 Å². The van der Waals surface area contributed by atoms with E-state index in [0.717, 1.165) is 30.2 Å². The van der Waals surface area contributed by atoms with Crippen LogP contribution in [0.1, 0.15) is 37.4 Å². The summed E-state index contributed by atoms with van der Waals surface area (Å²) in [6, 6.07) is 3.68. The summed E-state index contributed by atoms with van der Waals surface area (Å²) in [5, 5.41) is 7.70. The number of rotatable bonds is 4. The molecule has 1 N–H and O–H groups in total. The number of likely N-dealkylation sites (tertiary alicyclic amines) is 1. The largest absolute Gasteiger partial charge is 0.339 e. The van der Waals surface area contributed by atoms with E-state index in [2.05, 4.69) is 27.4 Å². The van der Waals surface area contributed by atoms with Crippen molar-refractivity contribution in [3.63, 3.8) is 0 Å². The molecule has 1 aliphatic heterocycles. The fourth-order valence-electron chi connectivity index (χ4n) is 2.73. The second-order valence-electron chi connectivity index (χ2n) is 5.71. The van der Waals surface area contributed by atoms with Crippen molar-refractivity contribution in [2.45, 2.75) is 37.6 Å². The van der Waals surface area contributed by atoms with Crippen molar-refractivity contribution in [2.75, 3.05) is 24.2 Å². The molecule has 0 saturated carbocycles. The van der Waals surface area contributed by atoms with Crippen LogP contribution in [0.15, 0.2) is 27.9 Å². The number of aromatic nitrogens is 3. The van der Waals surface area contributed by atoms with Gasteiger partial charge in [-0.25, -0.2) is 9.78 Å². The van der Waals surface area contributed by atoms with Crippen molar-refractivity contribution in [1.82, 2.24) is 20.0 Å². The molecule has 7 nitrogen and oxygen atoms in total. The molecule has 3 heterocycles. The van der Waals surface area contributed by atoms with E-state index in [9.17, 15) is 4.79 Å². The molecule has 8 heteroatoms. The third-order valence-corrected chi connectivity index (χ3v) is 4.71. The fraction of sp³-hybridized carbons (Fsp3) is 0.500. The molecule has 0 aliphatic carbocycles. The smallest absolute Gasteiger partial charge is 0.321 e. The third-order valence-electron chi connectivity index (χ3n) is 3.88. The second-order valence-corrected chi connectivity index (χ2v) is 7.00. The molecule has 1 aliphatic rings. The Morgan fingerprint density at radius 2 is 2.38 bits per heavy atom. The summed E-state index contributed by atoms with van der Waals surface area (Å²) in [6.45, 7) is 5.20. The van der Waals surface area contributed by atoms with Crippen LogP contribution in [-0.4, -0.2) is 44.9 Å². The van der Waals surface area contributed by atoms with Crippen LogP contribution >= 0.6 is 11.8 Å². The first-order valence-corrected chi connectivity index (χ1v) is 9.09. The summed E-state index contributed by atoms with van der Waals surface area (Å²) in [6.07, 6.45) is 3.57. The first kappa shape index (κ1) is 16.8. The van der Waals surface area contributed by atoms with Gasteiger partial charge in [-0.2, -0.15) is 4.98 Å². The molecule has 2 aromatic rings. The molecule has 0 aromatic carbocycles. The van der Waals surface area contributed by atoms with Crippen LogP contribution in [0.5, 0.6) is 0 Å². The van der Waals surface area contributed by atoms with E-state index in [1.807, 2.05) is 12.1 Å². The normalized spacial score (nSPS) is 17.8. The number of pyridine rings is 1. The minimum atomic E-state index is -0.117. The van der Waals surface area contributed by atoms with Crippen molar-refractivity contribution < 1.29 is 9.32 Å². The van der Waals surface area contributed by atoms with Gasteiger partial charge < -0.3 is 14.7 Å². The molecule has 0 spiro atoms. The van der Waals surface area contributed by atoms with Gasteiger partial charge >= 0.3 is 6.03 Å². The topological polar surface area (TPSA) is 84.2 Å². The highest BCUT2D eigenvalue weighted by Crippen LogP contribution is 2.26. The van der Waals surface area contributed by atoms with Gasteiger partial charge in [-0.05, 0) is 37.7 Å². The van der Waals surface area contributed by atoms with E-state index in [-0.39, 0.29) is 11.9 Å². The number of hydrogen-bond donors (Lipinski definition) is 1. The molecule has 1 fully saturated rings. The molecular formula is C16H21N5O2S. The van der Waals surface area contributed by atoms with E-state index < -0.39 is 0 Å². The number of carbonyl (C=O) groups excluding carboxylic acids is 1. The zero-order valence-corrected chi connectivity index (χ0v) is 14.7. The van der Waals surface area contributed by atoms with Gasteiger partial charge in [0.15, 0.2) is 5.82 Å². The van der Waals surface area contributed by atoms with Gasteiger partial charge in [0.2, 0.25) is 5.89 Å².